The molecule has 0 radical (unpaired) electrons. The van der Waals surface area contributed by atoms with Crippen molar-refractivity contribution in [3.05, 3.63) is 70.8 Å². The lowest BCUT2D eigenvalue weighted by Crippen LogP contribution is -2.36. The molecule has 1 saturated heterocycles. The van der Waals surface area contributed by atoms with Gasteiger partial charge in [-0.3, -0.25) is 4.79 Å². The van der Waals surface area contributed by atoms with Gasteiger partial charge >= 0.3 is 6.09 Å². The van der Waals surface area contributed by atoms with Crippen LogP contribution in [0.5, 0.6) is 5.75 Å². The Hall–Kier alpha value is -4.05. The summed E-state index contributed by atoms with van der Waals surface area (Å²) in [6.07, 6.45) is 0.883. The minimum Gasteiger partial charge on any atom is -0.497 e. The van der Waals surface area contributed by atoms with E-state index in [1.54, 1.807) is 43.8 Å². The molecule has 10 heteroatoms. The van der Waals surface area contributed by atoms with Crippen molar-refractivity contribution >= 4 is 46.5 Å². The maximum atomic E-state index is 13.1. The molecule has 2 N–H and O–H groups in total. The van der Waals surface area contributed by atoms with Crippen LogP contribution in [0.15, 0.2) is 64.5 Å². The molecule has 2 heterocycles. The summed E-state index contributed by atoms with van der Waals surface area (Å²) in [5.41, 5.74) is 8.82. The van der Waals surface area contributed by atoms with Crippen LogP contribution in [0.25, 0.3) is 11.8 Å². The van der Waals surface area contributed by atoms with Crippen LogP contribution < -0.4 is 10.5 Å². The number of anilines is 1. The van der Waals surface area contributed by atoms with Gasteiger partial charge in [-0.25, -0.2) is 14.5 Å². The Balaban J connectivity index is 1.74. The fraction of sp³-hybridized carbons (Fsp3) is 0.167. The highest BCUT2D eigenvalue weighted by Crippen LogP contribution is 2.37. The third-order valence-corrected chi connectivity index (χ3v) is 5.91. The molecule has 174 valence electrons. The molecule has 3 aromatic rings. The van der Waals surface area contributed by atoms with Gasteiger partial charge in [0, 0.05) is 0 Å². The molecular weight excluding hydrogens is 454 g/mol. The molecule has 2 aromatic carbocycles. The number of nitrogens with two attached hydrogens (primary N) is 1. The van der Waals surface area contributed by atoms with E-state index in [2.05, 4.69) is 10.1 Å². The Labute approximate surface area is 200 Å². The summed E-state index contributed by atoms with van der Waals surface area (Å²) in [5, 5.41) is 4.62. The van der Waals surface area contributed by atoms with Crippen LogP contribution in [-0.2, 0) is 9.53 Å². The SMILES string of the molecule is CCOC(=O)N1C(=O)/C(=C\c2ccc(OC)cc2)SC1=Nc1c(C)nn(-c2ccccc2)c1N. The molecule has 1 aromatic heterocycles. The smallest absolute Gasteiger partial charge is 0.423 e. The number of aromatic nitrogens is 2. The Morgan fingerprint density at radius 3 is 2.53 bits per heavy atom. The molecule has 0 saturated carbocycles. The molecule has 34 heavy (non-hydrogen) atoms. The summed E-state index contributed by atoms with van der Waals surface area (Å²) < 4.78 is 11.8. The average Bonchev–Trinajstić information content (AvgIpc) is 3.30. The minimum absolute atomic E-state index is 0.116. The maximum Gasteiger partial charge on any atom is 0.423 e. The number of methoxy groups -OCH3 is 1. The van der Waals surface area contributed by atoms with Crippen molar-refractivity contribution in [2.75, 3.05) is 19.5 Å². The number of imide groups is 1. The lowest BCUT2D eigenvalue weighted by atomic mass is 10.2. The van der Waals surface area contributed by atoms with Gasteiger partial charge in [-0.05, 0) is 61.5 Å². The van der Waals surface area contributed by atoms with Crippen molar-refractivity contribution in [2.24, 2.45) is 4.99 Å². The third-order valence-electron chi connectivity index (χ3n) is 4.94. The van der Waals surface area contributed by atoms with Crippen LogP contribution in [0.3, 0.4) is 0 Å². The zero-order valence-electron chi connectivity index (χ0n) is 18.9. The number of hydrogen-bond acceptors (Lipinski definition) is 8. The molecule has 0 spiro atoms. The lowest BCUT2D eigenvalue weighted by molar-refractivity contribution is -0.121. The number of rotatable bonds is 5. The van der Waals surface area contributed by atoms with Crippen molar-refractivity contribution in [1.29, 1.82) is 0 Å². The predicted octanol–water partition coefficient (Wildman–Crippen LogP) is 4.53. The number of para-hydroxylation sites is 1. The van der Waals surface area contributed by atoms with E-state index in [9.17, 15) is 9.59 Å². The number of thioether (sulfide) groups is 1. The summed E-state index contributed by atoms with van der Waals surface area (Å²) in [7, 11) is 1.58. The normalized spacial score (nSPS) is 15.9. The largest absolute Gasteiger partial charge is 0.497 e. The second-order valence-electron chi connectivity index (χ2n) is 7.18. The number of nitrogens with zero attached hydrogens (tertiary/aromatic N) is 4. The standard InChI is InChI=1S/C24H23N5O4S/c1-4-33-24(31)28-22(30)19(14-16-10-12-18(32-3)13-11-16)34-23(28)26-20-15(2)27-29(21(20)25)17-8-6-5-7-9-17/h5-14H,4,25H2,1-3H3/b19-14+,26-23?. The van der Waals surface area contributed by atoms with E-state index < -0.39 is 12.0 Å². The van der Waals surface area contributed by atoms with Gasteiger partial charge in [0.1, 0.15) is 11.4 Å². The summed E-state index contributed by atoms with van der Waals surface area (Å²) >= 11 is 1.07. The Kier molecular flexibility index (Phi) is 6.69. The fourth-order valence-corrected chi connectivity index (χ4v) is 4.24. The number of aryl methyl sites for hydroxylation is 1. The quantitative estimate of drug-likeness (QED) is 0.537. The van der Waals surface area contributed by atoms with Crippen molar-refractivity contribution in [2.45, 2.75) is 13.8 Å². The molecule has 0 atom stereocenters. The zero-order chi connectivity index (χ0) is 24.2. The molecular formula is C24H23N5O4S. The van der Waals surface area contributed by atoms with E-state index in [4.69, 9.17) is 15.2 Å². The second kappa shape index (κ2) is 9.84. The summed E-state index contributed by atoms with van der Waals surface area (Å²) in [4.78, 5) is 31.6. The first-order chi connectivity index (χ1) is 16.4. The van der Waals surface area contributed by atoms with E-state index in [0.717, 1.165) is 27.9 Å². The highest BCUT2D eigenvalue weighted by atomic mass is 32.2. The van der Waals surface area contributed by atoms with Gasteiger partial charge in [-0.2, -0.15) is 10.00 Å². The van der Waals surface area contributed by atoms with Crippen molar-refractivity contribution in [3.8, 4) is 11.4 Å². The van der Waals surface area contributed by atoms with Gasteiger partial charge in [0.05, 0.1) is 30.0 Å². The first-order valence-corrected chi connectivity index (χ1v) is 11.3. The number of carbonyl (C=O) groups excluding carboxylic acids is 2. The van der Waals surface area contributed by atoms with Gasteiger partial charge in [0.25, 0.3) is 5.91 Å². The summed E-state index contributed by atoms with van der Waals surface area (Å²) in [6.45, 7) is 3.55. The third kappa shape index (κ3) is 4.53. The fourth-order valence-electron chi connectivity index (χ4n) is 3.29. The van der Waals surface area contributed by atoms with Crippen LogP contribution in [0.1, 0.15) is 18.2 Å². The number of amides is 2. The average molecular weight is 478 g/mol. The summed E-state index contributed by atoms with van der Waals surface area (Å²) in [6, 6.07) is 16.6. The van der Waals surface area contributed by atoms with Crippen LogP contribution in [-0.4, -0.2) is 45.6 Å². The molecule has 0 bridgehead atoms. The zero-order valence-corrected chi connectivity index (χ0v) is 19.7. The second-order valence-corrected chi connectivity index (χ2v) is 8.19. The van der Waals surface area contributed by atoms with E-state index in [1.807, 2.05) is 42.5 Å². The molecule has 1 fully saturated rings. The predicted molar refractivity (Wildman–Crippen MR) is 132 cm³/mol. The van der Waals surface area contributed by atoms with Gasteiger partial charge in [0.2, 0.25) is 0 Å². The molecule has 4 rings (SSSR count). The van der Waals surface area contributed by atoms with Crippen LogP contribution in [0.4, 0.5) is 16.3 Å². The Morgan fingerprint density at radius 1 is 1.18 bits per heavy atom. The highest BCUT2D eigenvalue weighted by Gasteiger charge is 2.39. The van der Waals surface area contributed by atoms with Crippen LogP contribution in [0.2, 0.25) is 0 Å². The van der Waals surface area contributed by atoms with E-state index in [0.29, 0.717) is 27.9 Å². The van der Waals surface area contributed by atoms with Gasteiger partial charge in [-0.15, -0.1) is 0 Å². The van der Waals surface area contributed by atoms with E-state index in [1.165, 1.54) is 0 Å². The molecule has 1 aliphatic heterocycles. The monoisotopic (exact) mass is 477 g/mol. The topological polar surface area (TPSA) is 112 Å². The number of benzene rings is 2. The molecule has 0 aliphatic carbocycles. The number of amidine groups is 1. The number of hydrogen-bond donors (Lipinski definition) is 1. The molecule has 2 amide bonds. The van der Waals surface area contributed by atoms with Crippen molar-refractivity contribution in [1.82, 2.24) is 14.7 Å². The van der Waals surface area contributed by atoms with Crippen LogP contribution in [0, 0.1) is 6.92 Å². The number of aliphatic imine (C=N–C) groups is 1. The molecule has 0 unspecified atom stereocenters. The van der Waals surface area contributed by atoms with Gasteiger partial charge in [-0.1, -0.05) is 30.3 Å². The van der Waals surface area contributed by atoms with Gasteiger partial charge in [0.15, 0.2) is 11.0 Å². The van der Waals surface area contributed by atoms with Crippen molar-refractivity contribution < 1.29 is 19.1 Å². The number of nitrogen functional groups attached to an aromatic ring is 1. The highest BCUT2D eigenvalue weighted by molar-refractivity contribution is 8.18. The van der Waals surface area contributed by atoms with Crippen molar-refractivity contribution in [3.63, 3.8) is 0 Å². The maximum absolute atomic E-state index is 13.1. The Morgan fingerprint density at radius 2 is 1.88 bits per heavy atom. The Bertz CT molecular complexity index is 1280. The number of carbonyl (C=O) groups is 2. The van der Waals surface area contributed by atoms with E-state index in [-0.39, 0.29) is 11.8 Å². The number of ether oxygens (including phenoxy) is 2. The lowest BCUT2D eigenvalue weighted by Gasteiger charge is -2.12. The first-order valence-electron chi connectivity index (χ1n) is 10.5. The molecule has 9 nitrogen and oxygen atoms in total. The summed E-state index contributed by atoms with van der Waals surface area (Å²) in [5.74, 6) is 0.467. The van der Waals surface area contributed by atoms with Crippen LogP contribution >= 0.6 is 11.8 Å². The van der Waals surface area contributed by atoms with E-state index >= 15 is 0 Å². The minimum atomic E-state index is -0.802. The van der Waals surface area contributed by atoms with Gasteiger partial charge < -0.3 is 15.2 Å². The first kappa shape index (κ1) is 23.1. The molecule has 1 aliphatic rings.